The van der Waals surface area contributed by atoms with Gasteiger partial charge in [-0.2, -0.15) is 0 Å². The average Bonchev–Trinajstić information content (AvgIpc) is 3.94. The standard InChI is InChI=1S/C38H38FN7O2/c1-2-11-40-21-35-42-19-30(44-35)25-15-27(39)36-32-16-26-14-23(29-20-43-37(45-29)28-6-3-12-41-28)9-10-31(26)46(32)38(48-34(36)18-25)24-8-7-22-5-4-13-47-33(22)17-24/h7-10,14-20,28,38,40-41H,2-6,11-13,21H2,1H3,(H,42,44)(H,43,45)/t28-,38?/m0/s1. The number of hydrogen-bond donors (Lipinski definition) is 4. The number of imidazole rings is 2. The molecule has 3 aliphatic rings. The van der Waals surface area contributed by atoms with Crippen LogP contribution in [0.4, 0.5) is 4.39 Å². The number of aromatic nitrogens is 5. The summed E-state index contributed by atoms with van der Waals surface area (Å²) >= 11 is 0. The van der Waals surface area contributed by atoms with Gasteiger partial charge in [-0.05, 0) is 87.2 Å². The van der Waals surface area contributed by atoms with Crippen LogP contribution in [0.5, 0.6) is 11.5 Å². The second kappa shape index (κ2) is 11.9. The van der Waals surface area contributed by atoms with E-state index in [2.05, 4.69) is 84.5 Å². The second-order valence-corrected chi connectivity index (χ2v) is 13.0. The molecule has 1 fully saturated rings. The van der Waals surface area contributed by atoms with Gasteiger partial charge in [-0.15, -0.1) is 0 Å². The second-order valence-electron chi connectivity index (χ2n) is 13.0. The third kappa shape index (κ3) is 5.07. The van der Waals surface area contributed by atoms with Crippen molar-refractivity contribution in [3.05, 3.63) is 95.6 Å². The van der Waals surface area contributed by atoms with E-state index >= 15 is 4.39 Å². The Morgan fingerprint density at radius 1 is 0.958 bits per heavy atom. The lowest BCUT2D eigenvalue weighted by Gasteiger charge is -2.31. The van der Waals surface area contributed by atoms with Gasteiger partial charge in [0, 0.05) is 22.1 Å². The van der Waals surface area contributed by atoms with Crippen LogP contribution in [-0.2, 0) is 13.0 Å². The van der Waals surface area contributed by atoms with Gasteiger partial charge in [0.1, 0.15) is 29.0 Å². The molecule has 9 rings (SSSR count). The first-order valence-corrected chi connectivity index (χ1v) is 17.1. The number of H-pyrrole nitrogens is 2. The first kappa shape index (κ1) is 29.2. The molecule has 10 heteroatoms. The third-order valence-corrected chi connectivity index (χ3v) is 9.80. The van der Waals surface area contributed by atoms with Crippen molar-refractivity contribution in [1.82, 2.24) is 35.1 Å². The zero-order valence-corrected chi connectivity index (χ0v) is 26.9. The van der Waals surface area contributed by atoms with Crippen LogP contribution in [0.3, 0.4) is 0 Å². The molecular formula is C38H38FN7O2. The first-order chi connectivity index (χ1) is 23.6. The van der Waals surface area contributed by atoms with Gasteiger partial charge in [0.25, 0.3) is 0 Å². The number of halogens is 1. The largest absolute Gasteiger partial charge is 0.493 e. The maximum atomic E-state index is 16.4. The van der Waals surface area contributed by atoms with E-state index in [9.17, 15) is 0 Å². The van der Waals surface area contributed by atoms with Crippen LogP contribution in [-0.4, -0.2) is 44.2 Å². The molecule has 244 valence electrons. The summed E-state index contributed by atoms with van der Waals surface area (Å²) < 4.78 is 31.3. The van der Waals surface area contributed by atoms with Crippen LogP contribution >= 0.6 is 0 Å². The van der Waals surface area contributed by atoms with Crippen molar-refractivity contribution in [2.45, 2.75) is 57.8 Å². The number of nitrogens with zero attached hydrogens (tertiary/aromatic N) is 3. The van der Waals surface area contributed by atoms with Gasteiger partial charge in [-0.25, -0.2) is 14.4 Å². The van der Waals surface area contributed by atoms with Gasteiger partial charge >= 0.3 is 0 Å². The summed E-state index contributed by atoms with van der Waals surface area (Å²) in [5.41, 5.74) is 7.75. The molecule has 3 aliphatic heterocycles. The lowest BCUT2D eigenvalue weighted by molar-refractivity contribution is 0.171. The SMILES string of the molecule is CCCNCc1ncc(-c2cc(F)c3c(c2)OC(c2ccc4c(c2)OCCC4)n2c-3cc3cc(-c4cnc([C@@H]5CCCN5)[nH]4)ccc32)[nH]1. The molecule has 3 aromatic carbocycles. The van der Waals surface area contributed by atoms with Crippen LogP contribution in [0.15, 0.2) is 67.0 Å². The summed E-state index contributed by atoms with van der Waals surface area (Å²) in [4.78, 5) is 16.1. The van der Waals surface area contributed by atoms with Gasteiger partial charge in [0.2, 0.25) is 6.23 Å². The number of benzene rings is 3. The topological polar surface area (TPSA) is 105 Å². The molecule has 0 spiro atoms. The van der Waals surface area contributed by atoms with Crippen molar-refractivity contribution in [3.63, 3.8) is 0 Å². The Labute approximate surface area is 277 Å². The molecule has 4 N–H and O–H groups in total. The number of rotatable bonds is 8. The minimum atomic E-state index is -0.524. The van der Waals surface area contributed by atoms with Crippen LogP contribution in [0.1, 0.15) is 67.7 Å². The highest BCUT2D eigenvalue weighted by Crippen LogP contribution is 2.48. The molecule has 1 saturated heterocycles. The van der Waals surface area contributed by atoms with E-state index in [0.717, 1.165) is 102 Å². The van der Waals surface area contributed by atoms with E-state index in [1.54, 1.807) is 12.3 Å². The molecule has 9 nitrogen and oxygen atoms in total. The third-order valence-electron chi connectivity index (χ3n) is 9.80. The highest BCUT2D eigenvalue weighted by molar-refractivity contribution is 5.92. The number of aromatic amines is 2. The molecule has 6 heterocycles. The molecular weight excluding hydrogens is 605 g/mol. The van der Waals surface area contributed by atoms with Crippen LogP contribution in [0.2, 0.25) is 0 Å². The zero-order chi connectivity index (χ0) is 32.2. The van der Waals surface area contributed by atoms with Crippen LogP contribution < -0.4 is 20.1 Å². The van der Waals surface area contributed by atoms with Crippen molar-refractivity contribution in [3.8, 4) is 45.3 Å². The van der Waals surface area contributed by atoms with Gasteiger partial charge < -0.3 is 34.6 Å². The Kier molecular flexibility index (Phi) is 7.27. The number of hydrogen-bond acceptors (Lipinski definition) is 6. The summed E-state index contributed by atoms with van der Waals surface area (Å²) in [7, 11) is 0. The molecule has 0 saturated carbocycles. The molecule has 1 unspecified atom stereocenters. The predicted octanol–water partition coefficient (Wildman–Crippen LogP) is 7.42. The molecule has 0 aliphatic carbocycles. The van der Waals surface area contributed by atoms with Gasteiger partial charge in [0.05, 0.1) is 59.7 Å². The fourth-order valence-electron chi connectivity index (χ4n) is 7.39. The summed E-state index contributed by atoms with van der Waals surface area (Å²) in [5.74, 6) is 2.81. The quantitative estimate of drug-likeness (QED) is 0.129. The van der Waals surface area contributed by atoms with Crippen LogP contribution in [0, 0.1) is 5.82 Å². The molecule has 0 amide bonds. The van der Waals surface area contributed by atoms with Gasteiger partial charge in [-0.1, -0.05) is 25.1 Å². The monoisotopic (exact) mass is 643 g/mol. The van der Waals surface area contributed by atoms with E-state index in [1.165, 1.54) is 5.56 Å². The summed E-state index contributed by atoms with van der Waals surface area (Å²) in [6.45, 7) is 5.37. The maximum Gasteiger partial charge on any atom is 0.203 e. The van der Waals surface area contributed by atoms with Gasteiger partial charge in [-0.3, -0.25) is 0 Å². The zero-order valence-electron chi connectivity index (χ0n) is 26.9. The minimum Gasteiger partial charge on any atom is -0.493 e. The number of aryl methyl sites for hydroxylation is 1. The minimum absolute atomic E-state index is 0.262. The van der Waals surface area contributed by atoms with E-state index in [4.69, 9.17) is 9.47 Å². The predicted molar refractivity (Wildman–Crippen MR) is 183 cm³/mol. The summed E-state index contributed by atoms with van der Waals surface area (Å²) in [6.07, 6.45) is 8.42. The average molecular weight is 644 g/mol. The lowest BCUT2D eigenvalue weighted by Crippen LogP contribution is -2.23. The smallest absolute Gasteiger partial charge is 0.203 e. The Balaban J connectivity index is 1.15. The van der Waals surface area contributed by atoms with Crippen molar-refractivity contribution >= 4 is 10.9 Å². The van der Waals surface area contributed by atoms with Crippen molar-refractivity contribution in [2.75, 3.05) is 19.7 Å². The molecule has 3 aromatic heterocycles. The highest BCUT2D eigenvalue weighted by atomic mass is 19.1. The number of nitrogens with one attached hydrogen (secondary N) is 4. The molecule has 48 heavy (non-hydrogen) atoms. The van der Waals surface area contributed by atoms with E-state index < -0.39 is 6.23 Å². The molecule has 6 aromatic rings. The Bertz CT molecular complexity index is 2140. The summed E-state index contributed by atoms with van der Waals surface area (Å²) in [5, 5.41) is 7.87. The van der Waals surface area contributed by atoms with Crippen LogP contribution in [0.25, 0.3) is 44.7 Å². The highest BCUT2D eigenvalue weighted by Gasteiger charge is 2.33. The molecule has 2 atom stereocenters. The van der Waals surface area contributed by atoms with E-state index in [1.807, 2.05) is 12.3 Å². The Morgan fingerprint density at radius 2 is 1.88 bits per heavy atom. The normalized spacial score (nSPS) is 18.3. The van der Waals surface area contributed by atoms with Crippen molar-refractivity contribution in [1.29, 1.82) is 0 Å². The Morgan fingerprint density at radius 3 is 2.77 bits per heavy atom. The van der Waals surface area contributed by atoms with E-state index in [-0.39, 0.29) is 11.9 Å². The maximum absolute atomic E-state index is 16.4. The number of fused-ring (bicyclic) bond motifs is 6. The van der Waals surface area contributed by atoms with Crippen molar-refractivity contribution < 1.29 is 13.9 Å². The Hall–Kier alpha value is -4.93. The van der Waals surface area contributed by atoms with Gasteiger partial charge in [0.15, 0.2) is 0 Å². The van der Waals surface area contributed by atoms with Crippen molar-refractivity contribution in [2.24, 2.45) is 0 Å². The number of ether oxygens (including phenoxy) is 2. The van der Waals surface area contributed by atoms with E-state index in [0.29, 0.717) is 30.0 Å². The molecule has 0 radical (unpaired) electrons. The first-order valence-electron chi connectivity index (χ1n) is 17.1. The lowest BCUT2D eigenvalue weighted by atomic mass is 10.0. The fourth-order valence-corrected chi connectivity index (χ4v) is 7.39. The fraction of sp³-hybridized carbons (Fsp3) is 0.316. The molecule has 0 bridgehead atoms. The summed E-state index contributed by atoms with van der Waals surface area (Å²) in [6, 6.07) is 18.5.